The number of hydrogen-bond acceptors (Lipinski definition) is 1. The Hall–Kier alpha value is 0.690. The number of alkyl halides is 1. The van der Waals surface area contributed by atoms with Crippen molar-refractivity contribution in [3.63, 3.8) is 0 Å². The Morgan fingerprint density at radius 2 is 2.15 bits per heavy atom. The molecule has 2 rings (SSSR count). The lowest BCUT2D eigenvalue weighted by Gasteiger charge is -2.56. The zero-order valence-electron chi connectivity index (χ0n) is 8.70. The van der Waals surface area contributed by atoms with Gasteiger partial charge in [-0.05, 0) is 42.9 Å². The molecule has 1 N–H and O–H groups in total. The summed E-state index contributed by atoms with van der Waals surface area (Å²) < 4.78 is 1.11. The molecule has 0 amide bonds. The minimum atomic E-state index is 0.632. The Morgan fingerprint density at radius 1 is 1.38 bits per heavy atom. The van der Waals surface area contributed by atoms with E-state index >= 15 is 0 Å². The molecule has 0 aromatic heterocycles. The second kappa shape index (κ2) is 3.37. The Bertz CT molecular complexity index is 202. The molecule has 0 aromatic rings. The fourth-order valence-electron chi connectivity index (χ4n) is 3.74. The summed E-state index contributed by atoms with van der Waals surface area (Å²) in [6, 6.07) is 0.804. The van der Waals surface area contributed by atoms with E-state index in [1.807, 2.05) is 0 Å². The van der Waals surface area contributed by atoms with Crippen LogP contribution in [0.4, 0.5) is 0 Å². The van der Waals surface area contributed by atoms with Crippen molar-refractivity contribution < 1.29 is 0 Å². The van der Waals surface area contributed by atoms with Gasteiger partial charge in [0.25, 0.3) is 0 Å². The molecule has 2 aliphatic rings. The Kier molecular flexibility index (Phi) is 2.65. The van der Waals surface area contributed by atoms with Crippen LogP contribution in [0.25, 0.3) is 0 Å². The molecule has 0 spiro atoms. The summed E-state index contributed by atoms with van der Waals surface area (Å²) in [6.07, 6.45) is 7.21. The van der Waals surface area contributed by atoms with Crippen LogP contribution in [0.1, 0.15) is 46.0 Å². The predicted molar refractivity (Wildman–Crippen MR) is 65.1 cm³/mol. The molecule has 0 radical (unpaired) electrons. The summed E-state index contributed by atoms with van der Waals surface area (Å²) in [5.74, 6) is 0. The molecule has 0 heterocycles. The molecular formula is C11H20IN. The number of rotatable bonds is 3. The maximum atomic E-state index is 3.66. The van der Waals surface area contributed by atoms with Gasteiger partial charge in [-0.15, -0.1) is 0 Å². The molecule has 2 aliphatic carbocycles. The van der Waals surface area contributed by atoms with Crippen molar-refractivity contribution in [3.8, 4) is 0 Å². The second-order valence-corrected chi connectivity index (χ2v) is 5.74. The average Bonchev–Trinajstić information content (AvgIpc) is 2.30. The third-order valence-corrected chi connectivity index (χ3v) is 5.46. The number of hydrogen-bond donors (Lipinski definition) is 1. The Morgan fingerprint density at radius 3 is 2.54 bits per heavy atom. The zero-order valence-corrected chi connectivity index (χ0v) is 10.9. The average molecular weight is 293 g/mol. The van der Waals surface area contributed by atoms with Crippen LogP contribution < -0.4 is 5.32 Å². The van der Waals surface area contributed by atoms with Gasteiger partial charge in [-0.2, -0.15) is 0 Å². The summed E-state index contributed by atoms with van der Waals surface area (Å²) in [7, 11) is 0. The molecule has 3 atom stereocenters. The van der Waals surface area contributed by atoms with E-state index in [1.165, 1.54) is 32.1 Å². The van der Waals surface area contributed by atoms with Crippen molar-refractivity contribution in [1.29, 1.82) is 0 Å². The van der Waals surface area contributed by atoms with Crippen molar-refractivity contribution in [2.24, 2.45) is 10.8 Å². The molecule has 0 saturated heterocycles. The van der Waals surface area contributed by atoms with Gasteiger partial charge in [-0.3, -0.25) is 0 Å². The Labute approximate surface area is 95.2 Å². The van der Waals surface area contributed by atoms with Crippen LogP contribution in [-0.2, 0) is 0 Å². The highest BCUT2D eigenvalue weighted by molar-refractivity contribution is 14.1. The molecular weight excluding hydrogens is 273 g/mol. The van der Waals surface area contributed by atoms with Crippen LogP contribution in [0.5, 0.6) is 0 Å². The highest BCUT2D eigenvalue weighted by Crippen LogP contribution is 2.67. The molecule has 13 heavy (non-hydrogen) atoms. The zero-order chi connectivity index (χ0) is 9.53. The van der Waals surface area contributed by atoms with Gasteiger partial charge in [0.1, 0.15) is 0 Å². The van der Waals surface area contributed by atoms with E-state index in [0.717, 1.165) is 16.0 Å². The summed E-state index contributed by atoms with van der Waals surface area (Å²) in [5.41, 5.74) is 1.35. The van der Waals surface area contributed by atoms with E-state index in [9.17, 15) is 0 Å². The molecule has 1 nitrogen and oxygen atoms in total. The maximum Gasteiger partial charge on any atom is 0.0482 e. The summed E-state index contributed by atoms with van der Waals surface area (Å²) in [6.45, 7) is 4.89. The second-order valence-electron chi connectivity index (χ2n) is 4.98. The first kappa shape index (κ1) is 10.2. The maximum absolute atomic E-state index is 3.66. The molecule has 0 bridgehead atoms. The van der Waals surface area contributed by atoms with Crippen LogP contribution in [0.15, 0.2) is 0 Å². The van der Waals surface area contributed by atoms with Crippen LogP contribution >= 0.6 is 22.6 Å². The Balaban J connectivity index is 2.13. The smallest absolute Gasteiger partial charge is 0.0482 e. The number of fused-ring (bicyclic) bond motifs is 1. The van der Waals surface area contributed by atoms with Gasteiger partial charge in [0.15, 0.2) is 0 Å². The molecule has 0 aromatic carbocycles. The fraction of sp³-hybridized carbons (Fsp3) is 1.00. The largest absolute Gasteiger partial charge is 0.305 e. The predicted octanol–water partition coefficient (Wildman–Crippen LogP) is 3.33. The van der Waals surface area contributed by atoms with Gasteiger partial charge in [0.05, 0.1) is 0 Å². The van der Waals surface area contributed by atoms with E-state index in [2.05, 4.69) is 41.8 Å². The van der Waals surface area contributed by atoms with Crippen molar-refractivity contribution in [1.82, 2.24) is 5.32 Å². The van der Waals surface area contributed by atoms with E-state index in [1.54, 1.807) is 0 Å². The SMILES string of the molecule is CCC12CCC(NCI)[C@]1(C)CC2. The molecule has 76 valence electrons. The van der Waals surface area contributed by atoms with E-state index in [0.29, 0.717) is 5.41 Å². The van der Waals surface area contributed by atoms with Crippen molar-refractivity contribution in [2.45, 2.75) is 52.0 Å². The molecule has 2 unspecified atom stereocenters. The van der Waals surface area contributed by atoms with Crippen LogP contribution in [-0.4, -0.2) is 10.6 Å². The van der Waals surface area contributed by atoms with Gasteiger partial charge < -0.3 is 5.32 Å². The lowest BCUT2D eigenvalue weighted by atomic mass is 9.50. The van der Waals surface area contributed by atoms with Crippen molar-refractivity contribution in [2.75, 3.05) is 4.55 Å². The lowest BCUT2D eigenvalue weighted by Crippen LogP contribution is -2.53. The van der Waals surface area contributed by atoms with Crippen molar-refractivity contribution >= 4 is 22.6 Å². The van der Waals surface area contributed by atoms with Gasteiger partial charge in [-0.1, -0.05) is 36.4 Å². The molecule has 0 aliphatic heterocycles. The standard InChI is InChI=1S/C11H20IN/c1-3-11-5-4-9(13-8-12)10(11,2)6-7-11/h9,13H,3-8H2,1-2H3/t9?,10-,11?/m0/s1. The lowest BCUT2D eigenvalue weighted by molar-refractivity contribution is -0.0527. The summed E-state index contributed by atoms with van der Waals surface area (Å²) in [4.78, 5) is 0. The molecule has 2 heteroatoms. The fourth-order valence-corrected chi connectivity index (χ4v) is 4.28. The summed E-state index contributed by atoms with van der Waals surface area (Å²) in [5, 5.41) is 3.66. The minimum absolute atomic E-state index is 0.632. The van der Waals surface area contributed by atoms with E-state index < -0.39 is 0 Å². The topological polar surface area (TPSA) is 12.0 Å². The number of nitrogens with one attached hydrogen (secondary N) is 1. The third kappa shape index (κ3) is 1.21. The van der Waals surface area contributed by atoms with Gasteiger partial charge in [0.2, 0.25) is 0 Å². The molecule has 2 fully saturated rings. The van der Waals surface area contributed by atoms with E-state index in [4.69, 9.17) is 0 Å². The van der Waals surface area contributed by atoms with Gasteiger partial charge >= 0.3 is 0 Å². The van der Waals surface area contributed by atoms with E-state index in [-0.39, 0.29) is 0 Å². The molecule has 2 saturated carbocycles. The normalized spacial score (nSPS) is 48.7. The van der Waals surface area contributed by atoms with Crippen LogP contribution in [0, 0.1) is 10.8 Å². The van der Waals surface area contributed by atoms with Gasteiger partial charge in [-0.25, -0.2) is 0 Å². The first-order valence-corrected chi connectivity index (χ1v) is 7.00. The van der Waals surface area contributed by atoms with Crippen LogP contribution in [0.3, 0.4) is 0 Å². The monoisotopic (exact) mass is 293 g/mol. The third-order valence-electron chi connectivity index (χ3n) is 5.02. The quantitative estimate of drug-likeness (QED) is 0.478. The van der Waals surface area contributed by atoms with Crippen LogP contribution in [0.2, 0.25) is 0 Å². The highest BCUT2D eigenvalue weighted by Gasteiger charge is 2.61. The van der Waals surface area contributed by atoms with Gasteiger partial charge in [0, 0.05) is 10.6 Å². The first-order valence-electron chi connectivity index (χ1n) is 5.48. The summed E-state index contributed by atoms with van der Waals surface area (Å²) >= 11 is 2.43. The highest BCUT2D eigenvalue weighted by atomic mass is 127. The van der Waals surface area contributed by atoms with Crippen molar-refractivity contribution in [3.05, 3.63) is 0 Å². The first-order chi connectivity index (χ1) is 6.18. The number of halogens is 1. The minimum Gasteiger partial charge on any atom is -0.305 e.